The fourth-order valence-electron chi connectivity index (χ4n) is 3.79. The molecule has 2 rings (SSSR count). The zero-order valence-electron chi connectivity index (χ0n) is 18.2. The predicted octanol–water partition coefficient (Wildman–Crippen LogP) is 1.71. The third-order valence-electron chi connectivity index (χ3n) is 5.41. The Balaban J connectivity index is 2.18. The van der Waals surface area contributed by atoms with Crippen molar-refractivity contribution in [2.45, 2.75) is 62.4 Å². The summed E-state index contributed by atoms with van der Waals surface area (Å²) < 4.78 is 41.4. The predicted molar refractivity (Wildman–Crippen MR) is 122 cm³/mol. The molecule has 1 aromatic carbocycles. The maximum absolute atomic E-state index is 13.4. The summed E-state index contributed by atoms with van der Waals surface area (Å²) >= 11 is 5.22. The first kappa shape index (κ1) is 27.0. The Hall–Kier alpha value is -2.24. The number of nitrogens with one attached hydrogen (secondary N) is 2. The van der Waals surface area contributed by atoms with Gasteiger partial charge in [0.05, 0.1) is 12.3 Å². The van der Waals surface area contributed by atoms with Gasteiger partial charge in [-0.15, -0.1) is 0 Å². The quantitative estimate of drug-likeness (QED) is 0.311. The molecule has 4 N–H and O–H groups in total. The number of benzene rings is 1. The molecule has 1 aliphatic rings. The van der Waals surface area contributed by atoms with Gasteiger partial charge in [-0.3, -0.25) is 19.8 Å². The number of rotatable bonds is 11. The summed E-state index contributed by atoms with van der Waals surface area (Å²) in [5, 5.41) is 0.560. The van der Waals surface area contributed by atoms with Crippen molar-refractivity contribution in [3.8, 4) is 0 Å². The van der Waals surface area contributed by atoms with Gasteiger partial charge >= 0.3 is 0 Å². The maximum atomic E-state index is 13.4. The minimum absolute atomic E-state index is 0.116. The number of hydrazine groups is 1. The van der Waals surface area contributed by atoms with E-state index < -0.39 is 46.0 Å². The van der Waals surface area contributed by atoms with E-state index in [1.165, 1.54) is 0 Å². The zero-order valence-corrected chi connectivity index (χ0v) is 19.8. The number of amides is 3. The molecule has 0 heterocycles. The van der Waals surface area contributed by atoms with E-state index in [0.717, 1.165) is 32.1 Å². The lowest BCUT2D eigenvalue weighted by molar-refractivity contribution is -0.144. The molecule has 0 spiro atoms. The van der Waals surface area contributed by atoms with E-state index in [0.29, 0.717) is 10.6 Å². The topological polar surface area (TPSA) is 139 Å². The van der Waals surface area contributed by atoms with Crippen LogP contribution >= 0.6 is 11.6 Å². The number of primary amides is 1. The Labute approximate surface area is 198 Å². The third-order valence-corrected chi connectivity index (χ3v) is 6.95. The smallest absolute Gasteiger partial charge is 0.291 e. The lowest BCUT2D eigenvalue weighted by Gasteiger charge is -2.29. The summed E-state index contributed by atoms with van der Waals surface area (Å²) in [5.41, 5.74) is 5.39. The van der Waals surface area contributed by atoms with Gasteiger partial charge in [-0.25, -0.2) is 22.5 Å². The standard InChI is InChI=1S/C21H30ClFN4O5S/c22-19(23)21(30)27(12-11-18(24)28)25-20(29)17(13-15-7-3-1-4-8-15)26-33(31,32)14-16-9-5-2-6-10-16/h2,5-6,9-10,15,17,19,26H,1,3-4,7-8,11-14H2,(H2,24,28)(H,25,29)/t17-,19+/m0/s1. The van der Waals surface area contributed by atoms with Crippen LogP contribution < -0.4 is 15.9 Å². The number of carbonyl (C=O) groups is 3. The summed E-state index contributed by atoms with van der Waals surface area (Å²) in [5.74, 6) is -3.11. The van der Waals surface area contributed by atoms with Crippen molar-refractivity contribution in [2.75, 3.05) is 6.54 Å². The van der Waals surface area contributed by atoms with E-state index in [1.807, 2.05) is 0 Å². The molecule has 1 saturated carbocycles. The second-order valence-electron chi connectivity index (χ2n) is 8.14. The highest BCUT2D eigenvalue weighted by Gasteiger charge is 2.31. The van der Waals surface area contributed by atoms with Crippen molar-refractivity contribution in [1.29, 1.82) is 0 Å². The molecule has 9 nitrogen and oxygen atoms in total. The number of nitrogens with zero attached hydrogens (tertiary/aromatic N) is 1. The number of nitrogens with two attached hydrogens (primary N) is 1. The normalized spacial score (nSPS) is 16.5. The van der Waals surface area contributed by atoms with Crippen molar-refractivity contribution >= 4 is 39.3 Å². The van der Waals surface area contributed by atoms with Crippen LogP contribution in [0.5, 0.6) is 0 Å². The first-order valence-corrected chi connectivity index (χ1v) is 12.9. The minimum Gasteiger partial charge on any atom is -0.370 e. The van der Waals surface area contributed by atoms with Crippen LogP contribution in [0.4, 0.5) is 4.39 Å². The Morgan fingerprint density at radius 2 is 1.79 bits per heavy atom. The van der Waals surface area contributed by atoms with Crippen LogP contribution in [0.2, 0.25) is 0 Å². The fourth-order valence-corrected chi connectivity index (χ4v) is 5.26. The molecule has 33 heavy (non-hydrogen) atoms. The van der Waals surface area contributed by atoms with Crippen LogP contribution in [-0.2, 0) is 30.2 Å². The van der Waals surface area contributed by atoms with E-state index in [4.69, 9.17) is 17.3 Å². The number of alkyl halides is 2. The van der Waals surface area contributed by atoms with E-state index in [9.17, 15) is 27.2 Å². The monoisotopic (exact) mass is 504 g/mol. The van der Waals surface area contributed by atoms with Crippen molar-refractivity contribution in [1.82, 2.24) is 15.2 Å². The average Bonchev–Trinajstić information content (AvgIpc) is 2.76. The number of sulfonamides is 1. The lowest BCUT2D eigenvalue weighted by Crippen LogP contribution is -2.56. The molecule has 0 saturated heterocycles. The summed E-state index contributed by atoms with van der Waals surface area (Å²) in [6, 6.07) is 7.29. The van der Waals surface area contributed by atoms with Gasteiger partial charge in [0, 0.05) is 6.42 Å². The molecule has 3 amide bonds. The van der Waals surface area contributed by atoms with Crippen LogP contribution in [0.25, 0.3) is 0 Å². The Kier molecular flexibility index (Phi) is 10.5. The molecule has 0 radical (unpaired) electrons. The molecule has 0 aromatic heterocycles. The summed E-state index contributed by atoms with van der Waals surface area (Å²) in [6.07, 6.45) is 4.62. The summed E-state index contributed by atoms with van der Waals surface area (Å²) in [7, 11) is -3.92. The van der Waals surface area contributed by atoms with Gasteiger partial charge in [-0.05, 0) is 17.9 Å². The second kappa shape index (κ2) is 12.9. The molecule has 184 valence electrons. The van der Waals surface area contributed by atoms with Crippen LogP contribution in [0.1, 0.15) is 50.5 Å². The molecular formula is C21H30ClFN4O5S. The maximum Gasteiger partial charge on any atom is 0.291 e. The molecular weight excluding hydrogens is 475 g/mol. The van der Waals surface area contributed by atoms with Gasteiger partial charge in [0.15, 0.2) is 0 Å². The highest BCUT2D eigenvalue weighted by atomic mass is 35.5. The highest BCUT2D eigenvalue weighted by Crippen LogP contribution is 2.27. The number of hydrogen-bond donors (Lipinski definition) is 3. The second-order valence-corrected chi connectivity index (χ2v) is 10.3. The van der Waals surface area contributed by atoms with Crippen LogP contribution in [0.15, 0.2) is 30.3 Å². The summed E-state index contributed by atoms with van der Waals surface area (Å²) in [6.45, 7) is -0.403. The molecule has 0 aliphatic heterocycles. The number of halogens is 2. The number of hydrogen-bond acceptors (Lipinski definition) is 5. The zero-order chi connectivity index (χ0) is 24.4. The van der Waals surface area contributed by atoms with Gasteiger partial charge in [-0.2, -0.15) is 0 Å². The van der Waals surface area contributed by atoms with Crippen LogP contribution in [0.3, 0.4) is 0 Å². The average molecular weight is 505 g/mol. The Morgan fingerprint density at radius 1 is 1.15 bits per heavy atom. The van der Waals surface area contributed by atoms with Gasteiger partial charge in [0.1, 0.15) is 6.04 Å². The van der Waals surface area contributed by atoms with Crippen LogP contribution in [-0.4, -0.2) is 49.4 Å². The van der Waals surface area contributed by atoms with Crippen molar-refractivity contribution in [3.05, 3.63) is 35.9 Å². The third kappa shape index (κ3) is 9.65. The van der Waals surface area contributed by atoms with Crippen molar-refractivity contribution in [3.63, 3.8) is 0 Å². The first-order valence-electron chi connectivity index (χ1n) is 10.8. The van der Waals surface area contributed by atoms with Gasteiger partial charge in [0.25, 0.3) is 17.4 Å². The van der Waals surface area contributed by atoms with Gasteiger partial charge in [-0.1, -0.05) is 74.0 Å². The molecule has 1 aromatic rings. The van der Waals surface area contributed by atoms with Gasteiger partial charge in [0.2, 0.25) is 15.9 Å². The molecule has 0 unspecified atom stereocenters. The molecule has 12 heteroatoms. The highest BCUT2D eigenvalue weighted by molar-refractivity contribution is 7.88. The minimum atomic E-state index is -3.92. The van der Waals surface area contributed by atoms with E-state index in [2.05, 4.69) is 10.1 Å². The lowest BCUT2D eigenvalue weighted by atomic mass is 9.85. The molecule has 2 atom stereocenters. The summed E-state index contributed by atoms with van der Waals surface area (Å²) in [4.78, 5) is 36.2. The van der Waals surface area contributed by atoms with Crippen molar-refractivity contribution in [2.24, 2.45) is 11.7 Å². The Morgan fingerprint density at radius 3 is 2.36 bits per heavy atom. The number of carbonyl (C=O) groups excluding carboxylic acids is 3. The molecule has 0 bridgehead atoms. The van der Waals surface area contributed by atoms with Crippen LogP contribution in [0, 0.1) is 5.92 Å². The molecule has 1 aliphatic carbocycles. The largest absolute Gasteiger partial charge is 0.370 e. The molecule has 1 fully saturated rings. The first-order chi connectivity index (χ1) is 15.6. The fraction of sp³-hybridized carbons (Fsp3) is 0.571. The van der Waals surface area contributed by atoms with Crippen molar-refractivity contribution < 1.29 is 27.2 Å². The van der Waals surface area contributed by atoms with Gasteiger partial charge < -0.3 is 5.73 Å². The van der Waals surface area contributed by atoms with E-state index >= 15 is 0 Å². The SMILES string of the molecule is NC(=O)CCN(NC(=O)[C@H](CC1CCCCC1)NS(=O)(=O)Cc1ccccc1)C(=O)[C@@H](F)Cl. The van der Waals surface area contributed by atoms with E-state index in [-0.39, 0.29) is 24.5 Å². The van der Waals surface area contributed by atoms with E-state index in [1.54, 1.807) is 30.3 Å². The Bertz CT molecular complexity index is 910.